The van der Waals surface area contributed by atoms with Crippen LogP contribution in [-0.4, -0.2) is 50.9 Å². The number of benzene rings is 2. The minimum atomic E-state index is -0.515. The smallest absolute Gasteiger partial charge is 0.255 e. The Bertz CT molecular complexity index is 942. The molecule has 7 nitrogen and oxygen atoms in total. The minimum Gasteiger partial charge on any atom is -0.497 e. The molecule has 172 valence electrons. The van der Waals surface area contributed by atoms with E-state index in [9.17, 15) is 4.79 Å². The Hall–Kier alpha value is -2.77. The third-order valence-electron chi connectivity index (χ3n) is 6.48. The summed E-state index contributed by atoms with van der Waals surface area (Å²) in [6, 6.07) is 12.7. The quantitative estimate of drug-likeness (QED) is 0.680. The summed E-state index contributed by atoms with van der Waals surface area (Å²) in [7, 11) is 3.32. The number of nitrogens with two attached hydrogens (primary N) is 1. The summed E-state index contributed by atoms with van der Waals surface area (Å²) in [6.07, 6.45) is 3.18. The normalized spacial score (nSPS) is 19.2. The molecule has 1 amide bonds. The minimum absolute atomic E-state index is 0.173. The topological polar surface area (TPSA) is 83.3 Å². The number of amides is 1. The zero-order valence-electron chi connectivity index (χ0n) is 18.8. The summed E-state index contributed by atoms with van der Waals surface area (Å²) in [5.74, 6) is 2.13. The van der Waals surface area contributed by atoms with Crippen LogP contribution in [0, 0.1) is 5.92 Å². The van der Waals surface area contributed by atoms with Gasteiger partial charge in [-0.05, 0) is 66.1 Å². The van der Waals surface area contributed by atoms with Gasteiger partial charge in [-0.25, -0.2) is 0 Å². The van der Waals surface area contributed by atoms with Crippen molar-refractivity contribution in [3.05, 3.63) is 53.1 Å². The maximum absolute atomic E-state index is 11.1. The van der Waals surface area contributed by atoms with Crippen molar-refractivity contribution in [3.8, 4) is 17.2 Å². The number of rotatable bonds is 8. The second kappa shape index (κ2) is 10.2. The molecule has 1 atom stereocenters. The first-order valence-corrected chi connectivity index (χ1v) is 11.1. The molecule has 2 aromatic rings. The summed E-state index contributed by atoms with van der Waals surface area (Å²) >= 11 is 0. The first kappa shape index (κ1) is 22.4. The van der Waals surface area contributed by atoms with Crippen LogP contribution >= 0.6 is 0 Å². The highest BCUT2D eigenvalue weighted by molar-refractivity contribution is 5.75. The lowest BCUT2D eigenvalue weighted by molar-refractivity contribution is -0.119. The SMILES string of the molecule is COc1ccc2c(c1)CC(C1CCOCC1)N(Cc1ccc(OCC(N)=O)c(OC)c1)C2. The summed E-state index contributed by atoms with van der Waals surface area (Å²) in [6.45, 7) is 3.19. The van der Waals surface area contributed by atoms with Crippen molar-refractivity contribution in [2.75, 3.05) is 34.0 Å². The maximum Gasteiger partial charge on any atom is 0.255 e. The number of hydrogen-bond acceptors (Lipinski definition) is 6. The summed E-state index contributed by atoms with van der Waals surface area (Å²) in [5.41, 5.74) is 9.07. The molecule has 2 heterocycles. The van der Waals surface area contributed by atoms with Gasteiger partial charge in [0.1, 0.15) is 5.75 Å². The predicted molar refractivity (Wildman–Crippen MR) is 121 cm³/mol. The molecule has 1 unspecified atom stereocenters. The molecule has 0 saturated carbocycles. The number of fused-ring (bicyclic) bond motifs is 1. The molecule has 1 fully saturated rings. The first-order chi connectivity index (χ1) is 15.6. The lowest BCUT2D eigenvalue weighted by atomic mass is 9.82. The van der Waals surface area contributed by atoms with E-state index in [2.05, 4.69) is 17.0 Å². The summed E-state index contributed by atoms with van der Waals surface area (Å²) in [5, 5.41) is 0. The Balaban J connectivity index is 1.57. The third-order valence-corrected chi connectivity index (χ3v) is 6.48. The predicted octanol–water partition coefficient (Wildman–Crippen LogP) is 2.92. The Labute approximate surface area is 189 Å². The van der Waals surface area contributed by atoms with Gasteiger partial charge < -0.3 is 24.7 Å². The molecule has 2 aromatic carbocycles. The number of carbonyl (C=O) groups is 1. The van der Waals surface area contributed by atoms with Crippen LogP contribution in [0.3, 0.4) is 0 Å². The number of hydrogen-bond donors (Lipinski definition) is 1. The monoisotopic (exact) mass is 440 g/mol. The van der Waals surface area contributed by atoms with E-state index in [1.807, 2.05) is 24.3 Å². The molecule has 4 rings (SSSR count). The lowest BCUT2D eigenvalue weighted by Crippen LogP contribution is -2.46. The molecule has 0 aromatic heterocycles. The number of primary amides is 1. The van der Waals surface area contributed by atoms with Crippen molar-refractivity contribution in [1.82, 2.24) is 4.90 Å². The van der Waals surface area contributed by atoms with Gasteiger partial charge in [-0.3, -0.25) is 9.69 Å². The fourth-order valence-corrected chi connectivity index (χ4v) is 4.82. The van der Waals surface area contributed by atoms with Crippen molar-refractivity contribution in [2.24, 2.45) is 11.7 Å². The second-order valence-electron chi connectivity index (χ2n) is 8.50. The largest absolute Gasteiger partial charge is 0.497 e. The maximum atomic E-state index is 11.1. The molecule has 7 heteroatoms. The average Bonchev–Trinajstić information content (AvgIpc) is 2.82. The summed E-state index contributed by atoms with van der Waals surface area (Å²) < 4.78 is 22.1. The Morgan fingerprint density at radius 3 is 2.59 bits per heavy atom. The molecule has 0 bridgehead atoms. The van der Waals surface area contributed by atoms with Crippen LogP contribution in [0.5, 0.6) is 17.2 Å². The molecule has 0 spiro atoms. The van der Waals surface area contributed by atoms with Crippen LogP contribution in [-0.2, 0) is 29.0 Å². The van der Waals surface area contributed by atoms with Crippen LogP contribution in [0.2, 0.25) is 0 Å². The van der Waals surface area contributed by atoms with Crippen LogP contribution in [0.1, 0.15) is 29.5 Å². The van der Waals surface area contributed by atoms with Crippen LogP contribution in [0.25, 0.3) is 0 Å². The highest BCUT2D eigenvalue weighted by atomic mass is 16.5. The van der Waals surface area contributed by atoms with E-state index in [1.54, 1.807) is 14.2 Å². The highest BCUT2D eigenvalue weighted by Gasteiger charge is 2.33. The second-order valence-corrected chi connectivity index (χ2v) is 8.50. The van der Waals surface area contributed by atoms with E-state index >= 15 is 0 Å². The van der Waals surface area contributed by atoms with Gasteiger partial charge in [0.25, 0.3) is 5.91 Å². The summed E-state index contributed by atoms with van der Waals surface area (Å²) in [4.78, 5) is 13.6. The van der Waals surface area contributed by atoms with E-state index in [0.29, 0.717) is 23.5 Å². The number of ether oxygens (including phenoxy) is 4. The molecule has 0 aliphatic carbocycles. The van der Waals surface area contributed by atoms with Gasteiger partial charge in [-0.2, -0.15) is 0 Å². The molecule has 2 N–H and O–H groups in total. The Morgan fingerprint density at radius 1 is 1.06 bits per heavy atom. The average molecular weight is 441 g/mol. The number of methoxy groups -OCH3 is 2. The van der Waals surface area contributed by atoms with Crippen molar-refractivity contribution in [3.63, 3.8) is 0 Å². The number of nitrogens with zero attached hydrogens (tertiary/aromatic N) is 1. The number of carbonyl (C=O) groups excluding carboxylic acids is 1. The standard InChI is InChI=1S/C25H32N2O5/c1-29-21-5-4-19-15-27(22(13-20(19)12-21)18-7-9-31-10-8-18)14-17-3-6-23(24(11-17)30-2)32-16-25(26)28/h3-6,11-12,18,22H,7-10,13-16H2,1-2H3,(H2,26,28). The van der Waals surface area contributed by atoms with Gasteiger partial charge in [0.15, 0.2) is 18.1 Å². The van der Waals surface area contributed by atoms with E-state index in [-0.39, 0.29) is 6.61 Å². The van der Waals surface area contributed by atoms with Crippen LogP contribution in [0.4, 0.5) is 0 Å². The van der Waals surface area contributed by atoms with E-state index in [0.717, 1.165) is 56.9 Å². The van der Waals surface area contributed by atoms with Crippen molar-refractivity contribution in [2.45, 2.75) is 38.4 Å². The van der Waals surface area contributed by atoms with E-state index < -0.39 is 5.91 Å². The Kier molecular flexibility index (Phi) is 7.17. The highest BCUT2D eigenvalue weighted by Crippen LogP contribution is 2.35. The van der Waals surface area contributed by atoms with Gasteiger partial charge in [-0.15, -0.1) is 0 Å². The molecule has 2 aliphatic heterocycles. The third kappa shape index (κ3) is 5.16. The molecular weight excluding hydrogens is 408 g/mol. The van der Waals surface area contributed by atoms with Crippen molar-refractivity contribution < 1.29 is 23.7 Å². The fourth-order valence-electron chi connectivity index (χ4n) is 4.82. The van der Waals surface area contributed by atoms with Crippen molar-refractivity contribution in [1.29, 1.82) is 0 Å². The zero-order valence-corrected chi connectivity index (χ0v) is 18.8. The van der Waals surface area contributed by atoms with Gasteiger partial charge in [-0.1, -0.05) is 12.1 Å². The fraction of sp³-hybridized carbons (Fsp3) is 0.480. The molecule has 32 heavy (non-hydrogen) atoms. The van der Waals surface area contributed by atoms with Crippen LogP contribution < -0.4 is 19.9 Å². The Morgan fingerprint density at radius 2 is 1.88 bits per heavy atom. The van der Waals surface area contributed by atoms with Crippen molar-refractivity contribution >= 4 is 5.91 Å². The molecule has 2 aliphatic rings. The zero-order chi connectivity index (χ0) is 22.5. The lowest BCUT2D eigenvalue weighted by Gasteiger charge is -2.42. The first-order valence-electron chi connectivity index (χ1n) is 11.1. The van der Waals surface area contributed by atoms with Gasteiger partial charge in [0.2, 0.25) is 0 Å². The van der Waals surface area contributed by atoms with Gasteiger partial charge in [0, 0.05) is 32.3 Å². The van der Waals surface area contributed by atoms with Gasteiger partial charge in [0.05, 0.1) is 14.2 Å². The van der Waals surface area contributed by atoms with E-state index in [1.165, 1.54) is 11.1 Å². The molecule has 1 saturated heterocycles. The van der Waals surface area contributed by atoms with Gasteiger partial charge >= 0.3 is 0 Å². The van der Waals surface area contributed by atoms with Crippen LogP contribution in [0.15, 0.2) is 36.4 Å². The molecule has 0 radical (unpaired) electrons. The van der Waals surface area contributed by atoms with E-state index in [4.69, 9.17) is 24.7 Å². The molecular formula is C25H32N2O5.